The molecule has 2 unspecified atom stereocenters. The van der Waals surface area contributed by atoms with Crippen LogP contribution in [0.4, 0.5) is 0 Å². The van der Waals surface area contributed by atoms with Crippen molar-refractivity contribution in [3.05, 3.63) is 59.1 Å². The smallest absolute Gasteiger partial charge is 0.318 e. The molecule has 1 saturated carbocycles. The summed E-state index contributed by atoms with van der Waals surface area (Å²) in [5, 5.41) is 9.96. The maximum Gasteiger partial charge on any atom is 0.318 e. The fraction of sp³-hybridized carbons (Fsp3) is 0.562. The van der Waals surface area contributed by atoms with Crippen LogP contribution in [0.2, 0.25) is 0 Å². The van der Waals surface area contributed by atoms with Crippen LogP contribution < -0.4 is 0 Å². The van der Waals surface area contributed by atoms with E-state index in [4.69, 9.17) is 9.47 Å². The van der Waals surface area contributed by atoms with E-state index in [1.165, 1.54) is 25.3 Å². The van der Waals surface area contributed by atoms with Gasteiger partial charge in [-0.3, -0.25) is 19.2 Å². The van der Waals surface area contributed by atoms with Crippen molar-refractivity contribution in [1.29, 1.82) is 0 Å². The number of Topliss-reactive ketones (excluding diaryl/α,β-unsaturated/α-hetero) is 1. The molecular weight excluding hydrogens is 496 g/mol. The van der Waals surface area contributed by atoms with E-state index in [2.05, 4.69) is 26.8 Å². The summed E-state index contributed by atoms with van der Waals surface area (Å²) in [5.41, 5.74) is 0.467. The van der Waals surface area contributed by atoms with Crippen LogP contribution in [-0.2, 0) is 28.7 Å². The molecule has 1 saturated heterocycles. The highest BCUT2D eigenvalue weighted by Gasteiger charge is 2.62. The monoisotopic (exact) mass is 536 g/mol. The highest BCUT2D eigenvalue weighted by molar-refractivity contribution is 6.12. The summed E-state index contributed by atoms with van der Waals surface area (Å²) < 4.78 is 11.5. The van der Waals surface area contributed by atoms with Crippen molar-refractivity contribution in [2.75, 3.05) is 0 Å². The lowest BCUT2D eigenvalue weighted by molar-refractivity contribution is -0.156. The Morgan fingerprint density at radius 3 is 2.59 bits per heavy atom. The van der Waals surface area contributed by atoms with E-state index in [9.17, 15) is 24.3 Å². The molecule has 2 aliphatic carbocycles. The first-order valence-corrected chi connectivity index (χ1v) is 14.0. The molecule has 0 aromatic heterocycles. The summed E-state index contributed by atoms with van der Waals surface area (Å²) in [7, 11) is 0. The zero-order valence-electron chi connectivity index (χ0n) is 23.7. The molecule has 7 nitrogen and oxygen atoms in total. The van der Waals surface area contributed by atoms with E-state index in [1.807, 2.05) is 13.8 Å². The molecule has 0 radical (unpaired) electrons. The van der Waals surface area contributed by atoms with Crippen LogP contribution in [0.3, 0.4) is 0 Å². The maximum atomic E-state index is 13.4. The lowest BCUT2D eigenvalue weighted by atomic mass is 9.67. The molecule has 4 aliphatic rings. The molecule has 210 valence electrons. The zero-order valence-corrected chi connectivity index (χ0v) is 23.7. The second kappa shape index (κ2) is 11.2. The van der Waals surface area contributed by atoms with Crippen molar-refractivity contribution in [1.82, 2.24) is 0 Å². The lowest BCUT2D eigenvalue weighted by Crippen LogP contribution is -2.46. The Hall–Kier alpha value is -3.06. The topological polar surface area (TPSA) is 107 Å². The summed E-state index contributed by atoms with van der Waals surface area (Å²) in [6.07, 6.45) is 11.8. The van der Waals surface area contributed by atoms with Gasteiger partial charge in [-0.15, -0.1) is 0 Å². The number of allylic oxidation sites excluding steroid dienone is 7. The number of fused-ring (bicyclic) bond motifs is 3. The van der Waals surface area contributed by atoms with E-state index in [0.29, 0.717) is 35.2 Å². The van der Waals surface area contributed by atoms with Gasteiger partial charge in [0, 0.05) is 12.0 Å². The number of aliphatic hydroxyl groups excluding tert-OH is 1. The van der Waals surface area contributed by atoms with Crippen molar-refractivity contribution in [3.63, 3.8) is 0 Å². The van der Waals surface area contributed by atoms with Gasteiger partial charge < -0.3 is 14.6 Å². The Labute approximate surface area is 230 Å². The van der Waals surface area contributed by atoms with Crippen LogP contribution in [0.5, 0.6) is 0 Å². The molecule has 0 bridgehead atoms. The van der Waals surface area contributed by atoms with Gasteiger partial charge >= 0.3 is 5.97 Å². The molecular formula is C32H40O7. The SMILES string of the molecule is CCC(C)CC(C)C=C(C)/C=C/C(=O)[C@H]1C(=O)O[C@@]2(C)C(=O)C=C3C=C([C@H]4C(=O)C[C@H](O)C[C@@H]4C)OC=C3[C@@H]12. The zero-order chi connectivity index (χ0) is 28.6. The number of aliphatic hydroxyl groups is 1. The van der Waals surface area contributed by atoms with Gasteiger partial charge in [-0.05, 0) is 68.2 Å². The molecule has 4 rings (SSSR count). The van der Waals surface area contributed by atoms with Gasteiger partial charge in [0.05, 0.1) is 24.2 Å². The molecule has 39 heavy (non-hydrogen) atoms. The summed E-state index contributed by atoms with van der Waals surface area (Å²) in [6, 6.07) is 0. The minimum Gasteiger partial charge on any atom is -0.468 e. The molecule has 0 amide bonds. The summed E-state index contributed by atoms with van der Waals surface area (Å²) in [6.45, 7) is 11.9. The Balaban J connectivity index is 1.58. The number of esters is 1. The number of carbonyl (C=O) groups is 4. The minimum absolute atomic E-state index is 0.0560. The molecule has 0 aromatic carbocycles. The molecule has 2 heterocycles. The summed E-state index contributed by atoms with van der Waals surface area (Å²) in [5.74, 6) is -2.99. The number of ether oxygens (including phenoxy) is 2. The molecule has 1 N–H and O–H groups in total. The molecule has 2 aliphatic heterocycles. The largest absolute Gasteiger partial charge is 0.468 e. The van der Waals surface area contributed by atoms with Gasteiger partial charge in [-0.2, -0.15) is 0 Å². The van der Waals surface area contributed by atoms with Gasteiger partial charge in [0.2, 0.25) is 0 Å². The predicted molar refractivity (Wildman–Crippen MR) is 146 cm³/mol. The van der Waals surface area contributed by atoms with Crippen molar-refractivity contribution in [2.24, 2.45) is 35.5 Å². The third kappa shape index (κ3) is 5.65. The van der Waals surface area contributed by atoms with Crippen molar-refractivity contribution in [2.45, 2.75) is 78.9 Å². The number of hydrogen-bond acceptors (Lipinski definition) is 7. The highest BCUT2D eigenvalue weighted by atomic mass is 16.6. The summed E-state index contributed by atoms with van der Waals surface area (Å²) in [4.78, 5) is 52.3. The molecule has 8 atom stereocenters. The predicted octanol–water partition coefficient (Wildman–Crippen LogP) is 4.96. The minimum atomic E-state index is -1.51. The second-order valence-electron chi connectivity index (χ2n) is 12.1. The Kier molecular flexibility index (Phi) is 8.31. The molecule has 0 spiro atoms. The quantitative estimate of drug-likeness (QED) is 0.202. The highest BCUT2D eigenvalue weighted by Crippen LogP contribution is 2.50. The second-order valence-corrected chi connectivity index (χ2v) is 12.1. The van der Waals surface area contributed by atoms with Crippen molar-refractivity contribution >= 4 is 23.3 Å². The van der Waals surface area contributed by atoms with Crippen LogP contribution in [0.15, 0.2) is 59.1 Å². The summed E-state index contributed by atoms with van der Waals surface area (Å²) >= 11 is 0. The van der Waals surface area contributed by atoms with E-state index in [-0.39, 0.29) is 18.1 Å². The average molecular weight is 537 g/mol. The number of carbonyl (C=O) groups excluding carboxylic acids is 4. The lowest BCUT2D eigenvalue weighted by Gasteiger charge is -2.37. The first kappa shape index (κ1) is 28.9. The Bertz CT molecular complexity index is 1210. The third-order valence-electron chi connectivity index (χ3n) is 8.70. The van der Waals surface area contributed by atoms with Gasteiger partial charge in [0.25, 0.3) is 0 Å². The van der Waals surface area contributed by atoms with Crippen LogP contribution in [0, 0.1) is 35.5 Å². The van der Waals surface area contributed by atoms with E-state index >= 15 is 0 Å². The normalized spacial score (nSPS) is 34.3. The van der Waals surface area contributed by atoms with Crippen LogP contribution >= 0.6 is 0 Å². The number of ketones is 3. The van der Waals surface area contributed by atoms with Crippen LogP contribution in [0.25, 0.3) is 0 Å². The van der Waals surface area contributed by atoms with Crippen molar-refractivity contribution < 1.29 is 33.8 Å². The first-order chi connectivity index (χ1) is 18.3. The standard InChI is InChI=1S/C32H40O7/c1-7-17(2)10-19(4)11-18(3)8-9-24(34)29-30-23-16-38-26(28-20(5)12-22(33)15-25(28)35)13-21(23)14-27(36)32(30,6)39-31(29)37/h8-9,11,13-14,16-17,19-20,22,28-30,33H,7,10,12,15H2,1-6H3/b9-8+,18-11?/t17?,19?,20-,22+,28+,29+,30-,32-/m0/s1. The van der Waals surface area contributed by atoms with Crippen molar-refractivity contribution in [3.8, 4) is 0 Å². The number of hydrogen-bond donors (Lipinski definition) is 1. The fourth-order valence-electron chi connectivity index (χ4n) is 6.50. The maximum absolute atomic E-state index is 13.4. The van der Waals surface area contributed by atoms with Gasteiger partial charge in [-0.25, -0.2) is 0 Å². The van der Waals surface area contributed by atoms with Crippen LogP contribution in [0.1, 0.15) is 67.2 Å². The van der Waals surface area contributed by atoms with Gasteiger partial charge in [-0.1, -0.05) is 51.8 Å². The van der Waals surface area contributed by atoms with E-state index in [1.54, 1.807) is 12.2 Å². The Morgan fingerprint density at radius 2 is 1.92 bits per heavy atom. The Morgan fingerprint density at radius 1 is 1.21 bits per heavy atom. The van der Waals surface area contributed by atoms with Crippen LogP contribution in [-0.4, -0.2) is 40.1 Å². The average Bonchev–Trinajstić information content (AvgIpc) is 3.13. The fourth-order valence-corrected chi connectivity index (χ4v) is 6.50. The first-order valence-electron chi connectivity index (χ1n) is 14.0. The number of rotatable bonds is 8. The molecule has 7 heteroatoms. The van der Waals surface area contributed by atoms with Gasteiger partial charge in [0.15, 0.2) is 17.2 Å². The van der Waals surface area contributed by atoms with E-state index in [0.717, 1.165) is 18.4 Å². The molecule has 2 fully saturated rings. The van der Waals surface area contributed by atoms with E-state index < -0.39 is 47.0 Å². The van der Waals surface area contributed by atoms with Gasteiger partial charge in [0.1, 0.15) is 17.5 Å². The molecule has 0 aromatic rings. The third-order valence-corrected chi connectivity index (χ3v) is 8.70.